The lowest BCUT2D eigenvalue weighted by atomic mass is 9.71. The SMILES string of the molecule is COc1cccc(CC[C@@H]2O[C@@H]3c4cc(OC)cc(Cl)c4OC(C)(C)[C@H]3C[C@H]2C(=O)O)c1. The third-order valence-corrected chi connectivity index (χ3v) is 6.94. The summed E-state index contributed by atoms with van der Waals surface area (Å²) in [5.74, 6) is 0.388. The zero-order chi connectivity index (χ0) is 23.0. The summed E-state index contributed by atoms with van der Waals surface area (Å²) in [6, 6.07) is 11.4. The lowest BCUT2D eigenvalue weighted by Crippen LogP contribution is -2.52. The largest absolute Gasteiger partial charge is 0.497 e. The summed E-state index contributed by atoms with van der Waals surface area (Å²) in [5, 5.41) is 10.4. The van der Waals surface area contributed by atoms with Gasteiger partial charge in [-0.2, -0.15) is 0 Å². The van der Waals surface area contributed by atoms with Crippen molar-refractivity contribution in [3.8, 4) is 17.2 Å². The summed E-state index contributed by atoms with van der Waals surface area (Å²) in [6.07, 6.45) is 0.972. The normalized spacial score (nSPS) is 25.8. The molecule has 2 heterocycles. The van der Waals surface area contributed by atoms with E-state index in [0.29, 0.717) is 35.8 Å². The van der Waals surface area contributed by atoms with Gasteiger partial charge in [-0.05, 0) is 56.9 Å². The molecule has 2 aliphatic rings. The first kappa shape index (κ1) is 22.7. The number of methoxy groups -OCH3 is 2. The van der Waals surface area contributed by atoms with Crippen molar-refractivity contribution in [3.63, 3.8) is 0 Å². The summed E-state index contributed by atoms with van der Waals surface area (Å²) >= 11 is 6.50. The van der Waals surface area contributed by atoms with Gasteiger partial charge in [-0.25, -0.2) is 0 Å². The lowest BCUT2D eigenvalue weighted by molar-refractivity contribution is -0.188. The van der Waals surface area contributed by atoms with Crippen molar-refractivity contribution in [1.29, 1.82) is 0 Å². The molecule has 32 heavy (non-hydrogen) atoms. The van der Waals surface area contributed by atoms with Gasteiger partial charge < -0.3 is 24.1 Å². The highest BCUT2D eigenvalue weighted by atomic mass is 35.5. The van der Waals surface area contributed by atoms with Crippen molar-refractivity contribution in [1.82, 2.24) is 0 Å². The van der Waals surface area contributed by atoms with Crippen molar-refractivity contribution in [2.45, 2.75) is 50.9 Å². The molecule has 172 valence electrons. The predicted molar refractivity (Wildman–Crippen MR) is 121 cm³/mol. The number of aliphatic carboxylic acids is 1. The molecule has 2 aromatic carbocycles. The van der Waals surface area contributed by atoms with Crippen LogP contribution in [0.25, 0.3) is 0 Å². The molecule has 0 aromatic heterocycles. The molecule has 0 radical (unpaired) electrons. The maximum absolute atomic E-state index is 12.2. The summed E-state index contributed by atoms with van der Waals surface area (Å²) in [7, 11) is 3.22. The van der Waals surface area contributed by atoms with Crippen molar-refractivity contribution < 1.29 is 28.8 Å². The van der Waals surface area contributed by atoms with Crippen LogP contribution >= 0.6 is 11.6 Å². The molecular weight excluding hydrogens is 432 g/mol. The van der Waals surface area contributed by atoms with Crippen LogP contribution in [0.1, 0.15) is 43.9 Å². The van der Waals surface area contributed by atoms with Gasteiger partial charge in [0.2, 0.25) is 0 Å². The number of ether oxygens (including phenoxy) is 4. The van der Waals surface area contributed by atoms with Crippen LogP contribution in [0.4, 0.5) is 0 Å². The van der Waals surface area contributed by atoms with Crippen LogP contribution < -0.4 is 14.2 Å². The molecule has 2 aromatic rings. The molecule has 0 saturated carbocycles. The maximum Gasteiger partial charge on any atom is 0.309 e. The van der Waals surface area contributed by atoms with Crippen molar-refractivity contribution >= 4 is 17.6 Å². The average molecular weight is 461 g/mol. The Labute approximate surface area is 193 Å². The minimum Gasteiger partial charge on any atom is -0.497 e. The molecule has 0 bridgehead atoms. The van der Waals surface area contributed by atoms with Gasteiger partial charge >= 0.3 is 5.97 Å². The molecule has 1 saturated heterocycles. The molecule has 0 spiro atoms. The van der Waals surface area contributed by atoms with E-state index >= 15 is 0 Å². The van der Waals surface area contributed by atoms with E-state index in [-0.39, 0.29) is 12.0 Å². The van der Waals surface area contributed by atoms with E-state index in [9.17, 15) is 9.90 Å². The zero-order valence-corrected chi connectivity index (χ0v) is 19.5. The molecule has 6 nitrogen and oxygen atoms in total. The highest BCUT2D eigenvalue weighted by Gasteiger charge is 2.52. The molecule has 0 amide bonds. The van der Waals surface area contributed by atoms with Crippen molar-refractivity contribution in [3.05, 3.63) is 52.5 Å². The van der Waals surface area contributed by atoms with E-state index in [2.05, 4.69) is 0 Å². The number of hydrogen-bond donors (Lipinski definition) is 1. The van der Waals surface area contributed by atoms with E-state index < -0.39 is 23.6 Å². The summed E-state index contributed by atoms with van der Waals surface area (Å²) in [4.78, 5) is 12.2. The molecule has 4 rings (SSSR count). The fourth-order valence-electron chi connectivity index (χ4n) is 4.90. The number of halogens is 1. The van der Waals surface area contributed by atoms with Gasteiger partial charge in [0, 0.05) is 17.5 Å². The topological polar surface area (TPSA) is 74.2 Å². The molecular formula is C25H29ClO6. The first-order valence-corrected chi connectivity index (χ1v) is 11.2. The predicted octanol–water partition coefficient (Wildman–Crippen LogP) is 5.31. The van der Waals surface area contributed by atoms with Crippen LogP contribution in [0, 0.1) is 11.8 Å². The smallest absolute Gasteiger partial charge is 0.309 e. The molecule has 2 aliphatic heterocycles. The van der Waals surface area contributed by atoms with E-state index in [0.717, 1.165) is 16.9 Å². The molecule has 0 aliphatic carbocycles. The average Bonchev–Trinajstić information content (AvgIpc) is 2.77. The second-order valence-electron chi connectivity index (χ2n) is 9.01. The Kier molecular flexibility index (Phi) is 6.28. The number of fused-ring (bicyclic) bond motifs is 3. The summed E-state index contributed by atoms with van der Waals surface area (Å²) in [5.41, 5.74) is 1.27. The first-order valence-electron chi connectivity index (χ1n) is 10.8. The van der Waals surface area contributed by atoms with Crippen molar-refractivity contribution in [2.24, 2.45) is 11.8 Å². The Morgan fingerprint density at radius 3 is 2.62 bits per heavy atom. The van der Waals surface area contributed by atoms with Gasteiger partial charge in [-0.1, -0.05) is 23.7 Å². The van der Waals surface area contributed by atoms with Crippen molar-refractivity contribution in [2.75, 3.05) is 14.2 Å². The summed E-state index contributed by atoms with van der Waals surface area (Å²) < 4.78 is 23.5. The fourth-order valence-corrected chi connectivity index (χ4v) is 5.15. The van der Waals surface area contributed by atoms with Gasteiger partial charge in [0.15, 0.2) is 0 Å². The van der Waals surface area contributed by atoms with E-state index in [4.69, 9.17) is 30.5 Å². The Bertz CT molecular complexity index is 1000. The minimum absolute atomic E-state index is 0.132. The van der Waals surface area contributed by atoms with Crippen LogP contribution in [-0.2, 0) is 16.0 Å². The van der Waals surface area contributed by atoms with Gasteiger partial charge in [0.1, 0.15) is 22.8 Å². The molecule has 7 heteroatoms. The summed E-state index contributed by atoms with van der Waals surface area (Å²) in [6.45, 7) is 3.93. The second kappa shape index (κ2) is 8.83. The third kappa shape index (κ3) is 4.26. The van der Waals surface area contributed by atoms with Crippen LogP contribution in [0.3, 0.4) is 0 Å². The van der Waals surface area contributed by atoms with Gasteiger partial charge in [0.25, 0.3) is 0 Å². The van der Waals surface area contributed by atoms with E-state index in [1.807, 2.05) is 44.2 Å². The number of hydrogen-bond acceptors (Lipinski definition) is 5. The zero-order valence-electron chi connectivity index (χ0n) is 18.8. The number of carboxylic acids is 1. The number of carbonyl (C=O) groups is 1. The molecule has 1 N–H and O–H groups in total. The quantitative estimate of drug-likeness (QED) is 0.629. The van der Waals surface area contributed by atoms with Crippen LogP contribution in [0.2, 0.25) is 5.02 Å². The lowest BCUT2D eigenvalue weighted by Gasteiger charge is -2.50. The highest BCUT2D eigenvalue weighted by molar-refractivity contribution is 6.32. The Morgan fingerprint density at radius 2 is 1.94 bits per heavy atom. The van der Waals surface area contributed by atoms with Gasteiger partial charge in [-0.15, -0.1) is 0 Å². The molecule has 4 atom stereocenters. The Hall–Kier alpha value is -2.44. The minimum atomic E-state index is -0.843. The highest BCUT2D eigenvalue weighted by Crippen LogP contribution is 2.55. The first-order chi connectivity index (χ1) is 15.2. The van der Waals surface area contributed by atoms with Crippen LogP contribution in [0.5, 0.6) is 17.2 Å². The monoisotopic (exact) mass is 460 g/mol. The number of benzene rings is 2. The second-order valence-corrected chi connectivity index (χ2v) is 9.41. The maximum atomic E-state index is 12.2. The van der Waals surface area contributed by atoms with Crippen LogP contribution in [0.15, 0.2) is 36.4 Å². The van der Waals surface area contributed by atoms with Gasteiger partial charge in [-0.3, -0.25) is 4.79 Å². The van der Waals surface area contributed by atoms with E-state index in [1.165, 1.54) is 0 Å². The standard InChI is InChI=1S/C25H29ClO6/c1-25(2)19-13-17(24(27)28)21(9-8-14-6-5-7-15(10-14)29-3)31-22(19)18-11-16(30-4)12-20(26)23(18)32-25/h5-7,10-12,17,19,21-22H,8-9,13H2,1-4H3,(H,27,28)/t17-,19+,21+,22-/m1/s1. The molecule has 1 fully saturated rings. The number of aryl methyl sites for hydroxylation is 1. The van der Waals surface area contributed by atoms with Gasteiger partial charge in [0.05, 0.1) is 37.4 Å². The van der Waals surface area contributed by atoms with E-state index in [1.54, 1.807) is 20.3 Å². The fraction of sp³-hybridized carbons (Fsp3) is 0.480. The number of carboxylic acid groups (broad SMARTS) is 1. The Morgan fingerprint density at radius 1 is 1.19 bits per heavy atom. The van der Waals surface area contributed by atoms with Crippen LogP contribution in [-0.4, -0.2) is 37.0 Å². The Balaban J connectivity index is 1.65. The number of rotatable bonds is 6. The third-order valence-electron chi connectivity index (χ3n) is 6.66. The molecule has 0 unspecified atom stereocenters.